The number of nitrogens with zero attached hydrogens (tertiary/aromatic N) is 5. The summed E-state index contributed by atoms with van der Waals surface area (Å²) in [6.07, 6.45) is 3.04. The Morgan fingerprint density at radius 2 is 1.90 bits per heavy atom. The van der Waals surface area contributed by atoms with Crippen LogP contribution in [0.25, 0.3) is 17.1 Å². The molecule has 2 aromatic carbocycles. The number of rotatable bonds is 5. The van der Waals surface area contributed by atoms with Gasteiger partial charge in [0.05, 0.1) is 22.0 Å². The predicted molar refractivity (Wildman–Crippen MR) is 117 cm³/mol. The highest BCUT2D eigenvalue weighted by Crippen LogP contribution is 2.40. The molecule has 6 nitrogen and oxygen atoms in total. The van der Waals surface area contributed by atoms with E-state index in [4.69, 9.17) is 26.4 Å². The highest BCUT2D eigenvalue weighted by Gasteiger charge is 2.29. The summed E-state index contributed by atoms with van der Waals surface area (Å²) in [4.78, 5) is 0. The molecule has 1 aliphatic carbocycles. The molecule has 0 radical (unpaired) electrons. The molecular formula is C24H20ClN5O. The molecule has 7 heteroatoms. The van der Waals surface area contributed by atoms with Crippen LogP contribution >= 0.6 is 11.6 Å². The Bertz CT molecular complexity index is 1310. The number of hydrogen-bond acceptors (Lipinski definition) is 5. The zero-order chi connectivity index (χ0) is 21.5. The maximum atomic E-state index is 9.10. The quantitative estimate of drug-likeness (QED) is 0.416. The van der Waals surface area contributed by atoms with E-state index in [1.54, 1.807) is 12.1 Å². The van der Waals surface area contributed by atoms with Crippen molar-refractivity contribution in [3.63, 3.8) is 0 Å². The molecule has 5 rings (SSSR count). The average molecular weight is 430 g/mol. The van der Waals surface area contributed by atoms with E-state index < -0.39 is 0 Å². The molecule has 2 aromatic heterocycles. The van der Waals surface area contributed by atoms with E-state index in [9.17, 15) is 0 Å². The third kappa shape index (κ3) is 3.73. The minimum atomic E-state index is 0.426. The lowest BCUT2D eigenvalue weighted by atomic mass is 10.0. The number of nitriles is 1. The normalized spacial score (nSPS) is 13.4. The van der Waals surface area contributed by atoms with Crippen LogP contribution in [0.5, 0.6) is 0 Å². The monoisotopic (exact) mass is 429 g/mol. The first kappa shape index (κ1) is 19.5. The Hall–Kier alpha value is -3.43. The molecule has 0 saturated heterocycles. The van der Waals surface area contributed by atoms with Crippen LogP contribution in [0.2, 0.25) is 5.02 Å². The molecule has 31 heavy (non-hydrogen) atoms. The lowest BCUT2D eigenvalue weighted by Gasteiger charge is -2.07. The van der Waals surface area contributed by atoms with Crippen LogP contribution in [-0.2, 0) is 6.42 Å². The second kappa shape index (κ2) is 7.68. The standard InChI is InChI=1S/C24H20ClN5O/c1-14-21(15(2)30(29-14)20-10-9-19(13-26)22(25)12-20)11-16-3-5-17(6-4-16)23-27-28-24(31-23)18-7-8-18/h3-6,9-10,12,18H,7-8,11H2,1-2H3. The summed E-state index contributed by atoms with van der Waals surface area (Å²) < 4.78 is 7.68. The fraction of sp³-hybridized carbons (Fsp3) is 0.250. The fourth-order valence-electron chi connectivity index (χ4n) is 3.72. The molecule has 0 spiro atoms. The van der Waals surface area contributed by atoms with Gasteiger partial charge in [0, 0.05) is 29.2 Å². The van der Waals surface area contributed by atoms with Crippen molar-refractivity contribution in [3.8, 4) is 23.2 Å². The number of benzene rings is 2. The van der Waals surface area contributed by atoms with E-state index in [1.807, 2.05) is 36.7 Å². The van der Waals surface area contributed by atoms with Crippen LogP contribution < -0.4 is 0 Å². The highest BCUT2D eigenvalue weighted by atomic mass is 35.5. The van der Waals surface area contributed by atoms with E-state index in [1.165, 1.54) is 11.1 Å². The Morgan fingerprint density at radius 3 is 2.58 bits per heavy atom. The van der Waals surface area contributed by atoms with Gasteiger partial charge in [0.1, 0.15) is 6.07 Å². The Labute approximate surface area is 185 Å². The van der Waals surface area contributed by atoms with Gasteiger partial charge in [-0.3, -0.25) is 0 Å². The minimum absolute atomic E-state index is 0.426. The third-order valence-electron chi connectivity index (χ3n) is 5.71. The summed E-state index contributed by atoms with van der Waals surface area (Å²) in [7, 11) is 0. The van der Waals surface area contributed by atoms with Crippen molar-refractivity contribution in [3.05, 3.63) is 81.5 Å². The van der Waals surface area contributed by atoms with Gasteiger partial charge in [-0.1, -0.05) is 23.7 Å². The number of aryl methyl sites for hydroxylation is 1. The lowest BCUT2D eigenvalue weighted by Crippen LogP contribution is -2.00. The van der Waals surface area contributed by atoms with Crippen LogP contribution in [0, 0.1) is 25.2 Å². The predicted octanol–water partition coefficient (Wildman–Crippen LogP) is 5.53. The molecule has 4 aromatic rings. The number of hydrogen-bond donors (Lipinski definition) is 0. The molecule has 0 N–H and O–H groups in total. The second-order valence-corrected chi connectivity index (χ2v) is 8.34. The molecule has 0 amide bonds. The Balaban J connectivity index is 1.38. The summed E-state index contributed by atoms with van der Waals surface area (Å²) in [5.74, 6) is 1.78. The summed E-state index contributed by atoms with van der Waals surface area (Å²) in [6.45, 7) is 4.06. The van der Waals surface area contributed by atoms with Gasteiger partial charge in [-0.2, -0.15) is 10.4 Å². The zero-order valence-electron chi connectivity index (χ0n) is 17.3. The van der Waals surface area contributed by atoms with Crippen molar-refractivity contribution >= 4 is 11.6 Å². The van der Waals surface area contributed by atoms with E-state index in [0.29, 0.717) is 22.4 Å². The highest BCUT2D eigenvalue weighted by molar-refractivity contribution is 6.31. The van der Waals surface area contributed by atoms with Crippen LogP contribution in [0.15, 0.2) is 46.9 Å². The summed E-state index contributed by atoms with van der Waals surface area (Å²) in [5, 5.41) is 22.6. The molecule has 1 saturated carbocycles. The fourth-order valence-corrected chi connectivity index (χ4v) is 3.94. The summed E-state index contributed by atoms with van der Waals surface area (Å²) >= 11 is 6.21. The maximum Gasteiger partial charge on any atom is 0.247 e. The van der Waals surface area contributed by atoms with E-state index in [-0.39, 0.29) is 0 Å². The molecular weight excluding hydrogens is 410 g/mol. The topological polar surface area (TPSA) is 80.5 Å². The molecule has 0 aliphatic heterocycles. The second-order valence-electron chi connectivity index (χ2n) is 7.93. The SMILES string of the molecule is Cc1nn(-c2ccc(C#N)c(Cl)c2)c(C)c1Cc1ccc(-c2nnc(C3CC3)o2)cc1. The smallest absolute Gasteiger partial charge is 0.247 e. The lowest BCUT2D eigenvalue weighted by molar-refractivity contribution is 0.508. The first-order valence-corrected chi connectivity index (χ1v) is 10.6. The minimum Gasteiger partial charge on any atom is -0.420 e. The largest absolute Gasteiger partial charge is 0.420 e. The van der Waals surface area contributed by atoms with Crippen LogP contribution in [0.3, 0.4) is 0 Å². The van der Waals surface area contributed by atoms with Gasteiger partial charge >= 0.3 is 0 Å². The molecule has 154 valence electrons. The van der Waals surface area contributed by atoms with Gasteiger partial charge in [-0.05, 0) is 62.6 Å². The van der Waals surface area contributed by atoms with Crippen LogP contribution in [0.1, 0.15) is 52.7 Å². The van der Waals surface area contributed by atoms with Gasteiger partial charge in [-0.25, -0.2) is 4.68 Å². The molecule has 2 heterocycles. The zero-order valence-corrected chi connectivity index (χ0v) is 18.0. The first-order chi connectivity index (χ1) is 15.0. The Kier molecular flexibility index (Phi) is 4.84. The van der Waals surface area contributed by atoms with Crippen molar-refractivity contribution in [1.82, 2.24) is 20.0 Å². The number of aromatic nitrogens is 4. The molecule has 1 aliphatic rings. The van der Waals surface area contributed by atoms with Gasteiger partial charge in [0.15, 0.2) is 0 Å². The van der Waals surface area contributed by atoms with Crippen LogP contribution in [0.4, 0.5) is 0 Å². The van der Waals surface area contributed by atoms with Crippen molar-refractivity contribution in [1.29, 1.82) is 5.26 Å². The molecule has 1 fully saturated rings. The first-order valence-electron chi connectivity index (χ1n) is 10.2. The van der Waals surface area contributed by atoms with E-state index >= 15 is 0 Å². The molecule has 0 bridgehead atoms. The van der Waals surface area contributed by atoms with Gasteiger partial charge in [0.25, 0.3) is 0 Å². The van der Waals surface area contributed by atoms with Crippen molar-refractivity contribution in [2.24, 2.45) is 0 Å². The maximum absolute atomic E-state index is 9.10. The number of halogens is 1. The molecule has 0 unspecified atom stereocenters. The van der Waals surface area contributed by atoms with Crippen molar-refractivity contribution < 1.29 is 4.42 Å². The van der Waals surface area contributed by atoms with Crippen LogP contribution in [-0.4, -0.2) is 20.0 Å². The van der Waals surface area contributed by atoms with Gasteiger partial charge < -0.3 is 4.42 Å². The summed E-state index contributed by atoms with van der Waals surface area (Å²) in [5.41, 5.74) is 6.59. The van der Waals surface area contributed by atoms with Crippen molar-refractivity contribution in [2.75, 3.05) is 0 Å². The average Bonchev–Trinajstić information content (AvgIpc) is 3.45. The third-order valence-corrected chi connectivity index (χ3v) is 6.02. The van der Waals surface area contributed by atoms with Gasteiger partial charge in [-0.15, -0.1) is 10.2 Å². The van der Waals surface area contributed by atoms with Gasteiger partial charge in [0.2, 0.25) is 11.8 Å². The van der Waals surface area contributed by atoms with E-state index in [0.717, 1.165) is 47.8 Å². The summed E-state index contributed by atoms with van der Waals surface area (Å²) in [6, 6.07) is 15.7. The van der Waals surface area contributed by atoms with E-state index in [2.05, 4.69) is 28.4 Å². The molecule has 0 atom stereocenters. The van der Waals surface area contributed by atoms with Crippen molar-refractivity contribution in [2.45, 2.75) is 39.0 Å². The Morgan fingerprint density at radius 1 is 1.13 bits per heavy atom.